The maximum atomic E-state index is 11.9. The molecule has 0 saturated carbocycles. The summed E-state index contributed by atoms with van der Waals surface area (Å²) in [4.78, 5) is 4.56. The third kappa shape index (κ3) is 5.09. The second kappa shape index (κ2) is 8.38. The van der Waals surface area contributed by atoms with E-state index in [1.807, 2.05) is 36.4 Å². The number of hydrogen-bond acceptors (Lipinski definition) is 4. The number of hydrogen-bond donors (Lipinski definition) is 1. The number of alkyl halides is 1. The van der Waals surface area contributed by atoms with Crippen molar-refractivity contribution in [2.45, 2.75) is 13.0 Å². The Bertz CT molecular complexity index is 976. The van der Waals surface area contributed by atoms with Crippen LogP contribution >= 0.6 is 11.6 Å². The normalized spacial score (nSPS) is 11.4. The summed E-state index contributed by atoms with van der Waals surface area (Å²) in [6.45, 7) is 0.339. The summed E-state index contributed by atoms with van der Waals surface area (Å²) in [7, 11) is -3.37. The van der Waals surface area contributed by atoms with E-state index in [1.165, 1.54) is 0 Å². The van der Waals surface area contributed by atoms with E-state index in [-0.39, 0.29) is 5.75 Å². The quantitative estimate of drug-likeness (QED) is 0.586. The molecule has 0 saturated heterocycles. The Morgan fingerprint density at radius 2 is 1.77 bits per heavy atom. The maximum Gasteiger partial charge on any atom is 0.232 e. The molecule has 3 aromatic rings. The largest absolute Gasteiger partial charge is 0.487 e. The molecule has 0 bridgehead atoms. The predicted molar refractivity (Wildman–Crippen MR) is 105 cm³/mol. The fraction of sp³-hybridized carbons (Fsp3) is 0.211. The second-order valence-corrected chi connectivity index (χ2v) is 7.99. The molecular formula is C19H19ClN2O3S. The van der Waals surface area contributed by atoms with Crippen molar-refractivity contribution in [1.29, 1.82) is 0 Å². The highest BCUT2D eigenvalue weighted by atomic mass is 35.5. The van der Waals surface area contributed by atoms with E-state index >= 15 is 0 Å². The van der Waals surface area contributed by atoms with Gasteiger partial charge in [-0.15, -0.1) is 11.6 Å². The summed E-state index contributed by atoms with van der Waals surface area (Å²) in [6, 6.07) is 18.6. The van der Waals surface area contributed by atoms with E-state index in [0.717, 1.165) is 16.6 Å². The van der Waals surface area contributed by atoms with Gasteiger partial charge < -0.3 is 4.74 Å². The molecule has 26 heavy (non-hydrogen) atoms. The van der Waals surface area contributed by atoms with Gasteiger partial charge in [-0.1, -0.05) is 24.3 Å². The zero-order valence-electron chi connectivity index (χ0n) is 14.1. The van der Waals surface area contributed by atoms with Crippen LogP contribution in [-0.2, 0) is 16.6 Å². The SMILES string of the molecule is O=S(=O)(CCCCl)Nc1ccc(OCc2ccc3ccccc3n2)cc1. The molecule has 0 atom stereocenters. The highest BCUT2D eigenvalue weighted by molar-refractivity contribution is 7.92. The van der Waals surface area contributed by atoms with E-state index in [0.29, 0.717) is 30.3 Å². The Balaban J connectivity index is 1.60. The summed E-state index contributed by atoms with van der Waals surface area (Å²) in [5, 5.41) is 1.09. The van der Waals surface area contributed by atoms with E-state index in [2.05, 4.69) is 9.71 Å². The van der Waals surface area contributed by atoms with Gasteiger partial charge in [0.05, 0.1) is 17.0 Å². The Labute approximate surface area is 158 Å². The molecule has 3 rings (SSSR count). The van der Waals surface area contributed by atoms with Crippen molar-refractivity contribution in [3.05, 3.63) is 66.4 Å². The minimum absolute atomic E-state index is 0.00237. The molecule has 136 valence electrons. The molecule has 0 aliphatic carbocycles. The zero-order valence-corrected chi connectivity index (χ0v) is 15.6. The van der Waals surface area contributed by atoms with Crippen molar-refractivity contribution in [3.63, 3.8) is 0 Å². The first-order chi connectivity index (χ1) is 12.6. The number of aromatic nitrogens is 1. The van der Waals surface area contributed by atoms with Crippen LogP contribution in [0.3, 0.4) is 0 Å². The molecule has 5 nitrogen and oxygen atoms in total. The third-order valence-electron chi connectivity index (χ3n) is 3.72. The summed E-state index contributed by atoms with van der Waals surface area (Å²) < 4.78 is 32.0. The van der Waals surface area contributed by atoms with Crippen LogP contribution < -0.4 is 9.46 Å². The Hall–Kier alpha value is -2.31. The third-order valence-corrected chi connectivity index (χ3v) is 5.36. The highest BCUT2D eigenvalue weighted by Crippen LogP contribution is 2.19. The average molecular weight is 391 g/mol. The first-order valence-corrected chi connectivity index (χ1v) is 10.4. The lowest BCUT2D eigenvalue weighted by Gasteiger charge is -2.09. The Morgan fingerprint density at radius 1 is 1.00 bits per heavy atom. The number of halogens is 1. The smallest absolute Gasteiger partial charge is 0.232 e. The second-order valence-electron chi connectivity index (χ2n) is 5.77. The summed E-state index contributed by atoms with van der Waals surface area (Å²) in [6.07, 6.45) is 0.414. The topological polar surface area (TPSA) is 68.3 Å². The lowest BCUT2D eigenvalue weighted by atomic mass is 10.2. The van der Waals surface area contributed by atoms with Crippen molar-refractivity contribution >= 4 is 38.2 Å². The van der Waals surface area contributed by atoms with E-state index in [9.17, 15) is 8.42 Å². The van der Waals surface area contributed by atoms with Crippen LogP contribution in [0.5, 0.6) is 5.75 Å². The molecule has 0 radical (unpaired) electrons. The van der Waals surface area contributed by atoms with Crippen LogP contribution in [0.15, 0.2) is 60.7 Å². The Kier molecular flexibility index (Phi) is 5.96. The number of anilines is 1. The van der Waals surface area contributed by atoms with Gasteiger partial charge in [-0.3, -0.25) is 4.72 Å². The fourth-order valence-corrected chi connectivity index (χ4v) is 3.85. The number of para-hydroxylation sites is 1. The van der Waals surface area contributed by atoms with E-state index in [4.69, 9.17) is 16.3 Å². The molecule has 7 heteroatoms. The van der Waals surface area contributed by atoms with E-state index < -0.39 is 10.0 Å². The van der Waals surface area contributed by atoms with Crippen LogP contribution in [0.2, 0.25) is 0 Å². The summed E-state index contributed by atoms with van der Waals surface area (Å²) in [5.41, 5.74) is 2.25. The lowest BCUT2D eigenvalue weighted by Crippen LogP contribution is -2.16. The minimum Gasteiger partial charge on any atom is -0.487 e. The minimum atomic E-state index is -3.37. The van der Waals surface area contributed by atoms with Crippen molar-refractivity contribution in [2.24, 2.45) is 0 Å². The number of nitrogens with one attached hydrogen (secondary N) is 1. The van der Waals surface area contributed by atoms with Gasteiger partial charge in [0.15, 0.2) is 0 Å². The van der Waals surface area contributed by atoms with Gasteiger partial charge in [-0.05, 0) is 42.8 Å². The molecule has 2 aromatic carbocycles. The van der Waals surface area contributed by atoms with Crippen molar-refractivity contribution in [3.8, 4) is 5.75 Å². The maximum absolute atomic E-state index is 11.9. The molecule has 0 aliphatic heterocycles. The summed E-state index contributed by atoms with van der Waals surface area (Å²) >= 11 is 5.53. The van der Waals surface area contributed by atoms with Crippen LogP contribution in [-0.4, -0.2) is 25.0 Å². The van der Waals surface area contributed by atoms with Gasteiger partial charge in [-0.2, -0.15) is 0 Å². The van der Waals surface area contributed by atoms with Gasteiger partial charge >= 0.3 is 0 Å². The Morgan fingerprint density at radius 3 is 2.54 bits per heavy atom. The predicted octanol–water partition coefficient (Wildman–Crippen LogP) is 4.18. The number of fused-ring (bicyclic) bond motifs is 1. The first kappa shape index (κ1) is 18.5. The molecule has 0 spiro atoms. The monoisotopic (exact) mass is 390 g/mol. The molecule has 0 amide bonds. The zero-order chi connectivity index (χ0) is 18.4. The van der Waals surface area contributed by atoms with Gasteiger partial charge in [0.1, 0.15) is 12.4 Å². The van der Waals surface area contributed by atoms with Crippen molar-refractivity contribution in [2.75, 3.05) is 16.4 Å². The van der Waals surface area contributed by atoms with Crippen LogP contribution in [0.4, 0.5) is 5.69 Å². The molecular weight excluding hydrogens is 372 g/mol. The molecule has 1 aromatic heterocycles. The number of pyridine rings is 1. The molecule has 1 N–H and O–H groups in total. The molecule has 1 heterocycles. The number of sulfonamides is 1. The number of rotatable bonds is 8. The van der Waals surface area contributed by atoms with Crippen LogP contribution in [0.25, 0.3) is 10.9 Å². The molecule has 0 aliphatic rings. The number of nitrogens with zero attached hydrogens (tertiary/aromatic N) is 1. The van der Waals surface area contributed by atoms with Crippen LogP contribution in [0.1, 0.15) is 12.1 Å². The highest BCUT2D eigenvalue weighted by Gasteiger charge is 2.09. The van der Waals surface area contributed by atoms with Gasteiger partial charge in [0.25, 0.3) is 0 Å². The molecule has 0 fully saturated rings. The van der Waals surface area contributed by atoms with Crippen molar-refractivity contribution < 1.29 is 13.2 Å². The molecule has 0 unspecified atom stereocenters. The van der Waals surface area contributed by atoms with Gasteiger partial charge in [0.2, 0.25) is 10.0 Å². The number of benzene rings is 2. The summed E-state index contributed by atoms with van der Waals surface area (Å²) in [5.74, 6) is 0.961. The van der Waals surface area contributed by atoms with Crippen LogP contribution in [0, 0.1) is 0 Å². The fourth-order valence-electron chi connectivity index (χ4n) is 2.44. The first-order valence-electron chi connectivity index (χ1n) is 8.20. The lowest BCUT2D eigenvalue weighted by molar-refractivity contribution is 0.302. The number of ether oxygens (including phenoxy) is 1. The van der Waals surface area contributed by atoms with Gasteiger partial charge in [-0.25, -0.2) is 13.4 Å². The van der Waals surface area contributed by atoms with E-state index in [1.54, 1.807) is 24.3 Å². The van der Waals surface area contributed by atoms with Crippen molar-refractivity contribution in [1.82, 2.24) is 4.98 Å². The average Bonchev–Trinajstić information content (AvgIpc) is 2.65. The van der Waals surface area contributed by atoms with Gasteiger partial charge in [0, 0.05) is 17.0 Å². The standard InChI is InChI=1S/C19H19ClN2O3S/c20-12-3-13-26(23,24)22-16-8-10-18(11-9-16)25-14-17-7-6-15-4-1-2-5-19(15)21-17/h1-2,4-11,22H,3,12-14H2.